The Hall–Kier alpha value is -2.32. The average Bonchev–Trinajstić information content (AvgIpc) is 2.95. The Morgan fingerprint density at radius 1 is 1.07 bits per heavy atom. The van der Waals surface area contributed by atoms with Gasteiger partial charge in [-0.05, 0) is 55.7 Å². The molecule has 2 N–H and O–H groups in total. The largest absolute Gasteiger partial charge is 0.325 e. The molecule has 1 saturated heterocycles. The standard InChI is InChI=1S/C19H23ClN4O3S/c1-14-12-17(13-21-18(14)20)28(26,27)23-16-8-6-15(7-9-16)22-19(25)24-10-4-2-3-5-11-24/h6-9,12-13,23H,2-5,10-11H2,1H3,(H,22,25). The summed E-state index contributed by atoms with van der Waals surface area (Å²) >= 11 is 5.85. The minimum Gasteiger partial charge on any atom is -0.325 e. The van der Waals surface area contributed by atoms with E-state index >= 15 is 0 Å². The molecule has 28 heavy (non-hydrogen) atoms. The molecule has 1 aliphatic rings. The zero-order valence-electron chi connectivity index (χ0n) is 15.6. The number of carbonyl (C=O) groups excluding carboxylic acids is 1. The lowest BCUT2D eigenvalue weighted by Crippen LogP contribution is -2.35. The van der Waals surface area contributed by atoms with Crippen LogP contribution in [0.3, 0.4) is 0 Å². The molecule has 2 heterocycles. The van der Waals surface area contributed by atoms with Crippen LogP contribution in [0, 0.1) is 6.92 Å². The molecular weight excluding hydrogens is 400 g/mol. The third-order valence-corrected chi connectivity index (χ3v) is 6.33. The maximum atomic E-state index is 12.5. The first-order chi connectivity index (χ1) is 13.3. The van der Waals surface area contributed by atoms with Crippen molar-refractivity contribution >= 4 is 39.0 Å². The molecule has 2 aromatic rings. The topological polar surface area (TPSA) is 91.4 Å². The summed E-state index contributed by atoms with van der Waals surface area (Å²) in [6.45, 7) is 3.21. The highest BCUT2D eigenvalue weighted by molar-refractivity contribution is 7.92. The van der Waals surface area contributed by atoms with Crippen LogP contribution >= 0.6 is 11.6 Å². The molecule has 3 rings (SSSR count). The van der Waals surface area contributed by atoms with Crippen LogP contribution in [0.5, 0.6) is 0 Å². The monoisotopic (exact) mass is 422 g/mol. The van der Waals surface area contributed by atoms with Crippen molar-refractivity contribution in [1.82, 2.24) is 9.88 Å². The Morgan fingerprint density at radius 3 is 2.29 bits per heavy atom. The highest BCUT2D eigenvalue weighted by Gasteiger charge is 2.17. The van der Waals surface area contributed by atoms with E-state index in [0.717, 1.165) is 38.8 Å². The van der Waals surface area contributed by atoms with Crippen molar-refractivity contribution in [2.24, 2.45) is 0 Å². The Bertz CT molecular complexity index is 940. The number of nitrogens with one attached hydrogen (secondary N) is 2. The van der Waals surface area contributed by atoms with E-state index in [0.29, 0.717) is 16.9 Å². The van der Waals surface area contributed by atoms with Gasteiger partial charge >= 0.3 is 6.03 Å². The fourth-order valence-corrected chi connectivity index (χ4v) is 4.18. The second-order valence-electron chi connectivity index (χ2n) is 6.79. The number of sulfonamides is 1. The average molecular weight is 423 g/mol. The van der Waals surface area contributed by atoms with Gasteiger partial charge in [0, 0.05) is 30.7 Å². The highest BCUT2D eigenvalue weighted by Crippen LogP contribution is 2.21. The molecule has 1 fully saturated rings. The molecule has 0 atom stereocenters. The molecule has 0 bridgehead atoms. The van der Waals surface area contributed by atoms with Gasteiger partial charge in [-0.1, -0.05) is 24.4 Å². The molecule has 1 aromatic heterocycles. The van der Waals surface area contributed by atoms with Gasteiger partial charge in [0.15, 0.2) is 0 Å². The molecule has 1 aliphatic heterocycles. The number of nitrogens with zero attached hydrogens (tertiary/aromatic N) is 2. The first-order valence-corrected chi connectivity index (χ1v) is 11.0. The summed E-state index contributed by atoms with van der Waals surface area (Å²) in [6.07, 6.45) is 5.57. The number of pyridine rings is 1. The molecule has 2 amide bonds. The van der Waals surface area contributed by atoms with E-state index in [1.165, 1.54) is 12.3 Å². The first-order valence-electron chi connectivity index (χ1n) is 9.16. The number of halogens is 1. The van der Waals surface area contributed by atoms with Crippen LogP contribution in [0.25, 0.3) is 0 Å². The van der Waals surface area contributed by atoms with Crippen molar-refractivity contribution in [3.8, 4) is 0 Å². The fraction of sp³-hybridized carbons (Fsp3) is 0.368. The van der Waals surface area contributed by atoms with Crippen LogP contribution < -0.4 is 10.0 Å². The SMILES string of the molecule is Cc1cc(S(=O)(=O)Nc2ccc(NC(=O)N3CCCCCC3)cc2)cnc1Cl. The van der Waals surface area contributed by atoms with E-state index < -0.39 is 10.0 Å². The Balaban J connectivity index is 1.65. The van der Waals surface area contributed by atoms with Crippen LogP contribution in [0.4, 0.5) is 16.2 Å². The Labute approximate surface area is 170 Å². The van der Waals surface area contributed by atoms with Gasteiger partial charge in [0.1, 0.15) is 10.0 Å². The zero-order valence-corrected chi connectivity index (χ0v) is 17.2. The lowest BCUT2D eigenvalue weighted by atomic mass is 10.2. The quantitative estimate of drug-likeness (QED) is 0.720. The highest BCUT2D eigenvalue weighted by atomic mass is 35.5. The number of benzene rings is 1. The zero-order chi connectivity index (χ0) is 20.1. The lowest BCUT2D eigenvalue weighted by molar-refractivity contribution is 0.214. The molecule has 1 aromatic carbocycles. The van der Waals surface area contributed by atoms with E-state index in [1.54, 1.807) is 31.2 Å². The van der Waals surface area contributed by atoms with Gasteiger partial charge in [0.2, 0.25) is 0 Å². The number of rotatable bonds is 4. The summed E-state index contributed by atoms with van der Waals surface area (Å²) in [7, 11) is -3.78. The second kappa shape index (κ2) is 8.79. The number of aromatic nitrogens is 1. The van der Waals surface area contributed by atoms with Crippen LogP contribution in [-0.4, -0.2) is 37.4 Å². The fourth-order valence-electron chi connectivity index (χ4n) is 2.99. The summed E-state index contributed by atoms with van der Waals surface area (Å²) in [6, 6.07) is 7.88. The van der Waals surface area contributed by atoms with Gasteiger partial charge in [-0.25, -0.2) is 18.2 Å². The maximum Gasteiger partial charge on any atom is 0.321 e. The van der Waals surface area contributed by atoms with Crippen molar-refractivity contribution in [2.75, 3.05) is 23.1 Å². The number of aryl methyl sites for hydroxylation is 1. The smallest absolute Gasteiger partial charge is 0.321 e. The first kappa shape index (κ1) is 20.4. The van der Waals surface area contributed by atoms with E-state index in [2.05, 4.69) is 15.0 Å². The van der Waals surface area contributed by atoms with Crippen LogP contribution in [-0.2, 0) is 10.0 Å². The molecule has 0 spiro atoms. The number of likely N-dealkylation sites (tertiary alicyclic amines) is 1. The minimum atomic E-state index is -3.78. The predicted octanol–water partition coefficient (Wildman–Crippen LogP) is 4.25. The van der Waals surface area contributed by atoms with Gasteiger partial charge < -0.3 is 10.2 Å². The summed E-state index contributed by atoms with van der Waals surface area (Å²) in [4.78, 5) is 18.1. The molecular formula is C19H23ClN4O3S. The van der Waals surface area contributed by atoms with E-state index in [9.17, 15) is 13.2 Å². The number of urea groups is 1. The number of amides is 2. The van der Waals surface area contributed by atoms with Gasteiger partial charge in [0.05, 0.1) is 0 Å². The van der Waals surface area contributed by atoms with Crippen molar-refractivity contribution in [1.29, 1.82) is 0 Å². The second-order valence-corrected chi connectivity index (χ2v) is 8.83. The van der Waals surface area contributed by atoms with Crippen molar-refractivity contribution in [3.05, 3.63) is 47.2 Å². The molecule has 0 radical (unpaired) electrons. The Kier molecular flexibility index (Phi) is 6.41. The molecule has 7 nitrogen and oxygen atoms in total. The van der Waals surface area contributed by atoms with Crippen LogP contribution in [0.1, 0.15) is 31.2 Å². The van der Waals surface area contributed by atoms with Crippen LogP contribution in [0.15, 0.2) is 41.4 Å². The van der Waals surface area contributed by atoms with Gasteiger partial charge in [-0.15, -0.1) is 0 Å². The van der Waals surface area contributed by atoms with Crippen molar-refractivity contribution in [2.45, 2.75) is 37.5 Å². The number of carbonyl (C=O) groups is 1. The summed E-state index contributed by atoms with van der Waals surface area (Å²) in [5.41, 5.74) is 1.58. The van der Waals surface area contributed by atoms with E-state index in [4.69, 9.17) is 11.6 Å². The minimum absolute atomic E-state index is 0.0351. The van der Waals surface area contributed by atoms with E-state index in [1.807, 2.05) is 4.90 Å². The normalized spacial score (nSPS) is 15.0. The van der Waals surface area contributed by atoms with Crippen molar-refractivity contribution < 1.29 is 13.2 Å². The lowest BCUT2D eigenvalue weighted by Gasteiger charge is -2.20. The van der Waals surface area contributed by atoms with Gasteiger partial charge in [-0.2, -0.15) is 0 Å². The number of anilines is 2. The predicted molar refractivity (Wildman–Crippen MR) is 110 cm³/mol. The molecule has 150 valence electrons. The molecule has 0 saturated carbocycles. The van der Waals surface area contributed by atoms with Crippen molar-refractivity contribution in [3.63, 3.8) is 0 Å². The summed E-state index contributed by atoms with van der Waals surface area (Å²) in [5.74, 6) is 0. The molecule has 0 aliphatic carbocycles. The third kappa shape index (κ3) is 5.14. The maximum absolute atomic E-state index is 12.5. The molecule has 0 unspecified atom stereocenters. The number of hydrogen-bond donors (Lipinski definition) is 2. The third-order valence-electron chi connectivity index (χ3n) is 4.58. The van der Waals surface area contributed by atoms with E-state index in [-0.39, 0.29) is 16.1 Å². The number of hydrogen-bond acceptors (Lipinski definition) is 4. The molecule has 9 heteroatoms. The Morgan fingerprint density at radius 2 is 1.68 bits per heavy atom. The summed E-state index contributed by atoms with van der Waals surface area (Å²) in [5, 5.41) is 3.13. The van der Waals surface area contributed by atoms with Gasteiger partial charge in [0.25, 0.3) is 10.0 Å². The summed E-state index contributed by atoms with van der Waals surface area (Å²) < 4.78 is 27.5. The van der Waals surface area contributed by atoms with Gasteiger partial charge in [-0.3, -0.25) is 4.72 Å². The van der Waals surface area contributed by atoms with Crippen LogP contribution in [0.2, 0.25) is 5.15 Å².